The van der Waals surface area contributed by atoms with Gasteiger partial charge in [0.1, 0.15) is 22.3 Å². The summed E-state index contributed by atoms with van der Waals surface area (Å²) in [5.41, 5.74) is 0.0888. The quantitative estimate of drug-likeness (QED) is 0.758. The fraction of sp³-hybridized carbons (Fsp3) is 0.278. The van der Waals surface area contributed by atoms with Gasteiger partial charge in [-0.05, 0) is 37.0 Å². The minimum atomic E-state index is -1.10. The highest BCUT2D eigenvalue weighted by molar-refractivity contribution is 7.18. The van der Waals surface area contributed by atoms with Crippen LogP contribution in [0.5, 0.6) is 0 Å². The Kier molecular flexibility index (Phi) is 4.07. The van der Waals surface area contributed by atoms with Crippen molar-refractivity contribution < 1.29 is 18.7 Å². The van der Waals surface area contributed by atoms with Gasteiger partial charge in [-0.3, -0.25) is 14.2 Å². The first-order chi connectivity index (χ1) is 12.5. The number of carboxylic acid groups (broad SMARTS) is 1. The van der Waals surface area contributed by atoms with Gasteiger partial charge in [0.25, 0.3) is 5.56 Å². The summed E-state index contributed by atoms with van der Waals surface area (Å²) in [7, 11) is 0. The fourth-order valence-electron chi connectivity index (χ4n) is 3.39. The maximum Gasteiger partial charge on any atom is 0.305 e. The van der Waals surface area contributed by atoms with Crippen molar-refractivity contribution in [2.75, 3.05) is 0 Å². The van der Waals surface area contributed by atoms with E-state index in [-0.39, 0.29) is 18.8 Å². The van der Waals surface area contributed by atoms with E-state index in [2.05, 4.69) is 4.98 Å². The predicted molar refractivity (Wildman–Crippen MR) is 93.5 cm³/mol. The van der Waals surface area contributed by atoms with E-state index in [1.807, 2.05) is 0 Å². The van der Waals surface area contributed by atoms with Gasteiger partial charge in [0.15, 0.2) is 0 Å². The lowest BCUT2D eigenvalue weighted by molar-refractivity contribution is -0.137. The molecule has 0 bridgehead atoms. The zero-order chi connectivity index (χ0) is 18.4. The molecule has 5 nitrogen and oxygen atoms in total. The number of rotatable bonds is 4. The minimum absolute atomic E-state index is 0.167. The van der Waals surface area contributed by atoms with Crippen LogP contribution >= 0.6 is 11.3 Å². The lowest BCUT2D eigenvalue weighted by Crippen LogP contribution is -2.25. The van der Waals surface area contributed by atoms with Crippen molar-refractivity contribution in [1.82, 2.24) is 9.55 Å². The molecule has 1 aliphatic carbocycles. The number of thiophene rings is 1. The summed E-state index contributed by atoms with van der Waals surface area (Å²) >= 11 is 1.37. The van der Waals surface area contributed by atoms with Crippen LogP contribution < -0.4 is 5.56 Å². The van der Waals surface area contributed by atoms with Crippen LogP contribution in [-0.2, 0) is 24.2 Å². The van der Waals surface area contributed by atoms with Gasteiger partial charge in [-0.2, -0.15) is 0 Å². The van der Waals surface area contributed by atoms with Crippen molar-refractivity contribution in [3.05, 3.63) is 50.6 Å². The Balaban J connectivity index is 2.03. The van der Waals surface area contributed by atoms with Gasteiger partial charge >= 0.3 is 5.97 Å². The van der Waals surface area contributed by atoms with E-state index >= 15 is 0 Å². The predicted octanol–water partition coefficient (Wildman–Crippen LogP) is 3.37. The first kappa shape index (κ1) is 16.8. The molecule has 0 radical (unpaired) electrons. The Morgan fingerprint density at radius 2 is 2.00 bits per heavy atom. The largest absolute Gasteiger partial charge is 0.481 e. The van der Waals surface area contributed by atoms with Gasteiger partial charge in [-0.15, -0.1) is 11.3 Å². The maximum atomic E-state index is 14.3. The van der Waals surface area contributed by atoms with Crippen LogP contribution in [0.2, 0.25) is 0 Å². The van der Waals surface area contributed by atoms with E-state index in [9.17, 15) is 18.4 Å². The zero-order valence-corrected chi connectivity index (χ0v) is 14.4. The van der Waals surface area contributed by atoms with Gasteiger partial charge in [0.2, 0.25) is 0 Å². The molecule has 1 aromatic carbocycles. The molecule has 0 aliphatic heterocycles. The third-order valence-electron chi connectivity index (χ3n) is 4.56. The molecule has 0 saturated carbocycles. The van der Waals surface area contributed by atoms with Crippen LogP contribution in [-0.4, -0.2) is 20.6 Å². The van der Waals surface area contributed by atoms with Crippen molar-refractivity contribution in [2.45, 2.75) is 32.2 Å². The van der Waals surface area contributed by atoms with Gasteiger partial charge in [-0.1, -0.05) is 6.07 Å². The summed E-state index contributed by atoms with van der Waals surface area (Å²) in [4.78, 5) is 30.0. The summed E-state index contributed by atoms with van der Waals surface area (Å²) < 4.78 is 29.7. The first-order valence-corrected chi connectivity index (χ1v) is 9.00. The number of carbonyl (C=O) groups is 1. The third kappa shape index (κ3) is 2.61. The number of aryl methyl sites for hydroxylation is 2. The SMILES string of the molecule is O=C(O)CCn1c(-c2c(F)cccc2F)nc2sc3c(c2c1=O)CCC3. The number of aromatic nitrogens is 2. The molecule has 0 unspecified atom stereocenters. The normalized spacial score (nSPS) is 13.3. The second-order valence-electron chi connectivity index (χ2n) is 6.17. The number of carboxylic acids is 1. The molecule has 1 aliphatic rings. The van der Waals surface area contributed by atoms with Gasteiger partial charge in [0, 0.05) is 11.4 Å². The molecular formula is C18H14F2N2O3S. The van der Waals surface area contributed by atoms with Crippen LogP contribution in [0.3, 0.4) is 0 Å². The smallest absolute Gasteiger partial charge is 0.305 e. The van der Waals surface area contributed by atoms with Crippen LogP contribution in [0, 0.1) is 11.6 Å². The Bertz CT molecular complexity index is 1080. The van der Waals surface area contributed by atoms with Crippen molar-refractivity contribution in [1.29, 1.82) is 0 Å². The van der Waals surface area contributed by atoms with Gasteiger partial charge in [-0.25, -0.2) is 13.8 Å². The lowest BCUT2D eigenvalue weighted by atomic mass is 10.1. The number of nitrogens with zero attached hydrogens (tertiary/aromatic N) is 2. The lowest BCUT2D eigenvalue weighted by Gasteiger charge is -2.13. The van der Waals surface area contributed by atoms with Gasteiger partial charge in [0.05, 0.1) is 17.4 Å². The van der Waals surface area contributed by atoms with E-state index in [0.29, 0.717) is 10.2 Å². The van der Waals surface area contributed by atoms with E-state index in [1.54, 1.807) is 0 Å². The van der Waals surface area contributed by atoms with E-state index in [4.69, 9.17) is 5.11 Å². The highest BCUT2D eigenvalue weighted by atomic mass is 32.1. The standard InChI is InChI=1S/C18H14F2N2O3S/c19-10-4-2-5-11(20)15(10)16-21-17-14(9-3-1-6-12(9)26-17)18(25)22(16)8-7-13(23)24/h2,4-5H,1,3,6-8H2,(H,23,24). The molecule has 2 heterocycles. The molecule has 0 amide bonds. The van der Waals surface area contributed by atoms with Crippen molar-refractivity contribution in [3.63, 3.8) is 0 Å². The molecule has 26 heavy (non-hydrogen) atoms. The summed E-state index contributed by atoms with van der Waals surface area (Å²) in [5.74, 6) is -2.96. The Hall–Kier alpha value is -2.61. The van der Waals surface area contributed by atoms with Crippen LogP contribution in [0.25, 0.3) is 21.6 Å². The Morgan fingerprint density at radius 1 is 1.27 bits per heavy atom. The maximum absolute atomic E-state index is 14.3. The number of aliphatic carboxylic acids is 1. The Labute approximate surface area is 150 Å². The number of hydrogen-bond acceptors (Lipinski definition) is 4. The monoisotopic (exact) mass is 376 g/mol. The summed E-state index contributed by atoms with van der Waals surface area (Å²) in [6.07, 6.45) is 2.23. The molecule has 0 saturated heterocycles. The molecule has 0 fully saturated rings. The molecule has 4 rings (SSSR count). The molecular weight excluding hydrogens is 362 g/mol. The first-order valence-electron chi connectivity index (χ1n) is 8.18. The molecule has 2 aromatic heterocycles. The number of hydrogen-bond donors (Lipinski definition) is 1. The van der Waals surface area contributed by atoms with Crippen LogP contribution in [0.1, 0.15) is 23.3 Å². The van der Waals surface area contributed by atoms with E-state index in [0.717, 1.165) is 46.4 Å². The zero-order valence-electron chi connectivity index (χ0n) is 13.6. The third-order valence-corrected chi connectivity index (χ3v) is 5.75. The number of benzene rings is 1. The van der Waals surface area contributed by atoms with Gasteiger partial charge < -0.3 is 5.11 Å². The summed E-state index contributed by atoms with van der Waals surface area (Å²) in [5, 5.41) is 9.43. The number of fused-ring (bicyclic) bond motifs is 3. The highest BCUT2D eigenvalue weighted by Crippen LogP contribution is 2.36. The highest BCUT2D eigenvalue weighted by Gasteiger charge is 2.25. The van der Waals surface area contributed by atoms with E-state index < -0.39 is 28.7 Å². The molecule has 3 aromatic rings. The minimum Gasteiger partial charge on any atom is -0.481 e. The molecule has 0 atom stereocenters. The fourth-order valence-corrected chi connectivity index (χ4v) is 4.65. The summed E-state index contributed by atoms with van der Waals surface area (Å²) in [6, 6.07) is 3.40. The number of halogens is 2. The van der Waals surface area contributed by atoms with Crippen molar-refractivity contribution in [2.24, 2.45) is 0 Å². The summed E-state index contributed by atoms with van der Waals surface area (Å²) in [6.45, 7) is -0.204. The molecule has 1 N–H and O–H groups in total. The second-order valence-corrected chi connectivity index (χ2v) is 7.25. The van der Waals surface area contributed by atoms with Crippen LogP contribution in [0.15, 0.2) is 23.0 Å². The molecule has 0 spiro atoms. The molecule has 134 valence electrons. The molecule has 8 heteroatoms. The second kappa shape index (κ2) is 6.28. The topological polar surface area (TPSA) is 72.2 Å². The van der Waals surface area contributed by atoms with Crippen molar-refractivity contribution >= 4 is 27.5 Å². The van der Waals surface area contributed by atoms with E-state index in [1.165, 1.54) is 17.4 Å². The average molecular weight is 376 g/mol. The Morgan fingerprint density at radius 3 is 2.69 bits per heavy atom. The van der Waals surface area contributed by atoms with Crippen LogP contribution in [0.4, 0.5) is 8.78 Å². The average Bonchev–Trinajstić information content (AvgIpc) is 3.14. The van der Waals surface area contributed by atoms with Crippen molar-refractivity contribution in [3.8, 4) is 11.4 Å².